The summed E-state index contributed by atoms with van der Waals surface area (Å²) >= 11 is 8.14. The van der Waals surface area contributed by atoms with Crippen LogP contribution in [-0.4, -0.2) is 41.6 Å². The zero-order valence-corrected chi connectivity index (χ0v) is 19.1. The molecule has 30 heavy (non-hydrogen) atoms. The van der Waals surface area contributed by atoms with Crippen LogP contribution in [-0.2, 0) is 7.05 Å². The average Bonchev–Trinajstić information content (AvgIpc) is 2.76. The molecule has 1 aromatic heterocycles. The highest BCUT2D eigenvalue weighted by Crippen LogP contribution is 2.30. The van der Waals surface area contributed by atoms with Crippen LogP contribution in [0.2, 0.25) is 5.02 Å². The number of carbonyl (C=O) groups is 1. The Hall–Kier alpha value is -2.57. The molecule has 2 aromatic carbocycles. The van der Waals surface area contributed by atoms with E-state index in [9.17, 15) is 14.9 Å². The third-order valence-corrected chi connectivity index (χ3v) is 6.34. The second kappa shape index (κ2) is 8.28. The normalized spacial score (nSPS) is 14.1. The van der Waals surface area contributed by atoms with Crippen LogP contribution in [0.5, 0.6) is 0 Å². The van der Waals surface area contributed by atoms with Gasteiger partial charge in [0.25, 0.3) is 11.5 Å². The van der Waals surface area contributed by atoms with Crippen molar-refractivity contribution in [2.24, 2.45) is 7.05 Å². The summed E-state index contributed by atoms with van der Waals surface area (Å²) in [6.07, 6.45) is 0. The van der Waals surface area contributed by atoms with Gasteiger partial charge in [0.05, 0.1) is 11.2 Å². The molecule has 0 N–H and O–H groups in total. The second-order valence-electron chi connectivity index (χ2n) is 7.15. The molecule has 0 saturated carbocycles. The molecule has 1 fully saturated rings. The van der Waals surface area contributed by atoms with Gasteiger partial charge in [-0.3, -0.25) is 9.59 Å². The lowest BCUT2D eigenvalue weighted by molar-refractivity contribution is 0.0747. The van der Waals surface area contributed by atoms with E-state index in [4.69, 9.17) is 11.6 Å². The number of amides is 1. The van der Waals surface area contributed by atoms with Crippen molar-refractivity contribution in [2.75, 3.05) is 31.1 Å². The Morgan fingerprint density at radius 1 is 1.10 bits per heavy atom. The highest BCUT2D eigenvalue weighted by Gasteiger charge is 2.26. The first kappa shape index (κ1) is 20.7. The van der Waals surface area contributed by atoms with E-state index in [1.54, 1.807) is 36.2 Å². The molecule has 0 aliphatic carbocycles. The summed E-state index contributed by atoms with van der Waals surface area (Å²) in [7, 11) is 1.69. The van der Waals surface area contributed by atoms with Crippen LogP contribution in [0.25, 0.3) is 10.9 Å². The summed E-state index contributed by atoms with van der Waals surface area (Å²) in [5.74, 6) is -0.0461. The fourth-order valence-electron chi connectivity index (χ4n) is 3.84. The zero-order chi connectivity index (χ0) is 21.4. The number of aryl methyl sites for hydroxylation is 1. The van der Waals surface area contributed by atoms with Gasteiger partial charge < -0.3 is 14.4 Å². The molecule has 3 aromatic rings. The minimum absolute atomic E-state index is 0.0461. The fraction of sp³-hybridized carbons (Fsp3) is 0.227. The van der Waals surface area contributed by atoms with E-state index in [0.717, 1.165) is 14.5 Å². The molecule has 8 heteroatoms. The smallest absolute Gasteiger partial charge is 0.270 e. The van der Waals surface area contributed by atoms with Gasteiger partial charge in [-0.2, -0.15) is 5.26 Å². The lowest BCUT2D eigenvalue weighted by Gasteiger charge is -2.37. The Kier molecular flexibility index (Phi) is 5.71. The fourth-order valence-corrected chi connectivity index (χ4v) is 4.46. The van der Waals surface area contributed by atoms with Gasteiger partial charge in [-0.15, -0.1) is 0 Å². The number of halogens is 2. The lowest BCUT2D eigenvalue weighted by Crippen LogP contribution is -2.49. The zero-order valence-electron chi connectivity index (χ0n) is 16.2. The molecule has 2 heterocycles. The molecule has 1 saturated heterocycles. The van der Waals surface area contributed by atoms with E-state index in [2.05, 4.69) is 28.7 Å². The summed E-state index contributed by atoms with van der Waals surface area (Å²) in [4.78, 5) is 29.4. The second-order valence-corrected chi connectivity index (χ2v) is 8.83. The molecular formula is C22H18ClIN4O2. The maximum atomic E-state index is 12.8. The predicted molar refractivity (Wildman–Crippen MR) is 126 cm³/mol. The number of carbonyl (C=O) groups excluding carboxylic acids is 1. The van der Waals surface area contributed by atoms with E-state index in [1.807, 2.05) is 23.1 Å². The van der Waals surface area contributed by atoms with Crippen molar-refractivity contribution < 1.29 is 4.79 Å². The van der Waals surface area contributed by atoms with Crippen LogP contribution in [0, 0.1) is 14.9 Å². The number of pyridine rings is 1. The van der Waals surface area contributed by atoms with Crippen molar-refractivity contribution in [3.05, 3.63) is 72.5 Å². The number of hydrogen-bond acceptors (Lipinski definition) is 4. The third-order valence-electron chi connectivity index (χ3n) is 5.42. The molecule has 1 amide bonds. The number of benzene rings is 2. The van der Waals surface area contributed by atoms with Crippen molar-refractivity contribution in [3.63, 3.8) is 0 Å². The number of nitrogens with zero attached hydrogens (tertiary/aromatic N) is 4. The Balaban J connectivity index is 1.67. The highest BCUT2D eigenvalue weighted by atomic mass is 127. The van der Waals surface area contributed by atoms with Gasteiger partial charge in [0.1, 0.15) is 11.6 Å². The molecule has 0 unspecified atom stereocenters. The largest absolute Gasteiger partial charge is 0.366 e. The monoisotopic (exact) mass is 532 g/mol. The van der Waals surface area contributed by atoms with Crippen LogP contribution >= 0.6 is 34.2 Å². The first-order valence-corrected chi connectivity index (χ1v) is 10.9. The summed E-state index contributed by atoms with van der Waals surface area (Å²) in [5, 5.41) is 11.2. The molecule has 4 rings (SSSR count). The molecular weight excluding hydrogens is 515 g/mol. The molecule has 152 valence electrons. The van der Waals surface area contributed by atoms with Gasteiger partial charge >= 0.3 is 0 Å². The molecule has 0 bridgehead atoms. The number of hydrogen-bond donors (Lipinski definition) is 0. The average molecular weight is 533 g/mol. The number of piperazine rings is 1. The number of aromatic nitrogens is 1. The van der Waals surface area contributed by atoms with E-state index in [1.165, 1.54) is 4.57 Å². The van der Waals surface area contributed by atoms with E-state index >= 15 is 0 Å². The number of rotatable bonds is 2. The van der Waals surface area contributed by atoms with E-state index in [-0.39, 0.29) is 17.0 Å². The summed E-state index contributed by atoms with van der Waals surface area (Å²) < 4.78 is 2.55. The van der Waals surface area contributed by atoms with Crippen molar-refractivity contribution in [3.8, 4) is 6.07 Å². The maximum absolute atomic E-state index is 12.8. The minimum Gasteiger partial charge on any atom is -0.366 e. The third kappa shape index (κ3) is 3.66. The van der Waals surface area contributed by atoms with E-state index < -0.39 is 0 Å². The molecule has 6 nitrogen and oxygen atoms in total. The molecule has 0 radical (unpaired) electrons. The van der Waals surface area contributed by atoms with Gasteiger partial charge in [-0.05, 0) is 65.1 Å². The van der Waals surface area contributed by atoms with Crippen LogP contribution in [0.15, 0.2) is 47.3 Å². The number of fused-ring (bicyclic) bond motifs is 1. The Morgan fingerprint density at radius 3 is 2.40 bits per heavy atom. The van der Waals surface area contributed by atoms with Crippen molar-refractivity contribution in [1.29, 1.82) is 5.26 Å². The molecule has 0 atom stereocenters. The van der Waals surface area contributed by atoms with Gasteiger partial charge in [-0.1, -0.05) is 11.6 Å². The van der Waals surface area contributed by atoms with E-state index in [0.29, 0.717) is 42.5 Å². The van der Waals surface area contributed by atoms with Crippen LogP contribution < -0.4 is 10.5 Å². The van der Waals surface area contributed by atoms with Crippen molar-refractivity contribution in [2.45, 2.75) is 0 Å². The predicted octanol–water partition coefficient (Wildman–Crippen LogP) is 3.63. The summed E-state index contributed by atoms with van der Waals surface area (Å²) in [5.41, 5.74) is 1.88. The van der Waals surface area contributed by atoms with Crippen LogP contribution in [0.3, 0.4) is 0 Å². The van der Waals surface area contributed by atoms with Gasteiger partial charge in [-0.25, -0.2) is 0 Å². The first-order chi connectivity index (χ1) is 14.4. The van der Waals surface area contributed by atoms with Crippen molar-refractivity contribution >= 4 is 56.7 Å². The highest BCUT2D eigenvalue weighted by molar-refractivity contribution is 14.1. The SMILES string of the molecule is Cn1c(=O)c(C#N)c(N2CCN(C(=O)c3ccc(Cl)cc3)CC2)c2cc(I)ccc21. The van der Waals surface area contributed by atoms with Gasteiger partial charge in [0, 0.05) is 52.8 Å². The number of nitriles is 1. The summed E-state index contributed by atoms with van der Waals surface area (Å²) in [6.45, 7) is 2.10. The van der Waals surface area contributed by atoms with Gasteiger partial charge in [0.2, 0.25) is 0 Å². The lowest BCUT2D eigenvalue weighted by atomic mass is 10.1. The van der Waals surface area contributed by atoms with Crippen LogP contribution in [0.1, 0.15) is 15.9 Å². The van der Waals surface area contributed by atoms with Gasteiger partial charge in [0.15, 0.2) is 0 Å². The Bertz CT molecular complexity index is 1240. The molecule has 0 spiro atoms. The molecule has 1 aliphatic rings. The number of anilines is 1. The topological polar surface area (TPSA) is 69.3 Å². The first-order valence-electron chi connectivity index (χ1n) is 9.43. The minimum atomic E-state index is -0.305. The quantitative estimate of drug-likeness (QED) is 0.473. The van der Waals surface area contributed by atoms with Crippen molar-refractivity contribution in [1.82, 2.24) is 9.47 Å². The Labute approximate surface area is 192 Å². The molecule has 1 aliphatic heterocycles. The summed E-state index contributed by atoms with van der Waals surface area (Å²) in [6, 6.07) is 14.8. The standard InChI is InChI=1S/C22H18ClIN4O2/c1-26-19-7-6-16(24)12-17(19)20(18(13-25)22(26)30)27-8-10-28(11-9-27)21(29)14-2-4-15(23)5-3-14/h2-7,12H,8-11H2,1H3. The Morgan fingerprint density at radius 2 is 1.77 bits per heavy atom. The maximum Gasteiger partial charge on any atom is 0.270 e. The van der Waals surface area contributed by atoms with Crippen LogP contribution in [0.4, 0.5) is 5.69 Å².